The lowest BCUT2D eigenvalue weighted by Crippen LogP contribution is -2.48. The van der Waals surface area contributed by atoms with E-state index in [1.165, 1.54) is 0 Å². The van der Waals surface area contributed by atoms with Gasteiger partial charge in [0.2, 0.25) is 5.91 Å². The van der Waals surface area contributed by atoms with E-state index < -0.39 is 6.10 Å². The van der Waals surface area contributed by atoms with E-state index in [0.29, 0.717) is 6.42 Å². The number of aliphatic hydroxyl groups excluding tert-OH is 1. The number of carbonyl (C=O) groups excluding carboxylic acids is 1. The predicted molar refractivity (Wildman–Crippen MR) is 87.0 cm³/mol. The molecular weight excluding hydrogens is 290 g/mol. The molecule has 0 saturated carbocycles. The van der Waals surface area contributed by atoms with Crippen molar-refractivity contribution >= 4 is 5.91 Å². The van der Waals surface area contributed by atoms with E-state index in [1.54, 1.807) is 0 Å². The summed E-state index contributed by atoms with van der Waals surface area (Å²) < 4.78 is 0. The van der Waals surface area contributed by atoms with Gasteiger partial charge in [0.05, 0.1) is 12.1 Å². The number of hydrogen-bond donors (Lipinski definition) is 4. The van der Waals surface area contributed by atoms with E-state index in [4.69, 9.17) is 0 Å². The monoisotopic (exact) mass is 311 g/mol. The lowest BCUT2D eigenvalue weighted by atomic mass is 9.93. The topological polar surface area (TPSA) is 73.4 Å². The third-order valence-electron chi connectivity index (χ3n) is 5.01. The molecule has 0 spiro atoms. The number of aliphatic hydroxyl groups is 1. The van der Waals surface area contributed by atoms with Gasteiger partial charge in [0.1, 0.15) is 6.04 Å². The number of nitrogens with one attached hydrogen (secondary N) is 3. The molecule has 1 amide bonds. The van der Waals surface area contributed by atoms with Crippen molar-refractivity contribution in [3.05, 3.63) is 59.3 Å². The summed E-state index contributed by atoms with van der Waals surface area (Å²) in [7, 11) is 0. The maximum absolute atomic E-state index is 12.8. The highest BCUT2D eigenvalue weighted by Gasteiger charge is 2.39. The predicted octanol–water partition coefficient (Wildman–Crippen LogP) is 1.09. The first-order chi connectivity index (χ1) is 11.2. The smallest absolute Gasteiger partial charge is 0.240 e. The van der Waals surface area contributed by atoms with Crippen LogP contribution in [0, 0.1) is 5.92 Å². The van der Waals surface area contributed by atoms with E-state index in [9.17, 15) is 9.90 Å². The van der Waals surface area contributed by atoms with Gasteiger partial charge in [-0.3, -0.25) is 4.79 Å². The quantitative estimate of drug-likeness (QED) is 0.660. The maximum atomic E-state index is 12.8. The van der Waals surface area contributed by atoms with Crippen LogP contribution >= 0.6 is 0 Å². The van der Waals surface area contributed by atoms with E-state index >= 15 is 0 Å². The number of rotatable bonds is 2. The van der Waals surface area contributed by atoms with Gasteiger partial charge >= 0.3 is 0 Å². The van der Waals surface area contributed by atoms with Crippen molar-refractivity contribution < 1.29 is 9.90 Å². The molecule has 4 rings (SSSR count). The van der Waals surface area contributed by atoms with Crippen LogP contribution in [0.1, 0.15) is 30.0 Å². The highest BCUT2D eigenvalue weighted by molar-refractivity contribution is 5.83. The van der Waals surface area contributed by atoms with Crippen LogP contribution in [0.15, 0.2) is 48.2 Å². The van der Waals surface area contributed by atoms with Crippen molar-refractivity contribution in [2.75, 3.05) is 0 Å². The Morgan fingerprint density at radius 1 is 1.30 bits per heavy atom. The number of hydrazine groups is 1. The fourth-order valence-corrected chi connectivity index (χ4v) is 3.80. The van der Waals surface area contributed by atoms with Crippen molar-refractivity contribution in [1.29, 1.82) is 0 Å². The van der Waals surface area contributed by atoms with Gasteiger partial charge in [-0.2, -0.15) is 0 Å². The minimum atomic E-state index is -0.559. The van der Waals surface area contributed by atoms with Gasteiger partial charge in [0, 0.05) is 18.0 Å². The summed E-state index contributed by atoms with van der Waals surface area (Å²) in [6, 6.07) is 7.28. The summed E-state index contributed by atoms with van der Waals surface area (Å²) in [5, 5.41) is 13.3. The van der Waals surface area contributed by atoms with Crippen LogP contribution in [0.4, 0.5) is 0 Å². The molecule has 1 aromatic rings. The minimum absolute atomic E-state index is 0.0615. The van der Waals surface area contributed by atoms with Crippen molar-refractivity contribution in [2.24, 2.45) is 5.92 Å². The first-order valence-electron chi connectivity index (χ1n) is 8.18. The Bertz CT molecular complexity index is 683. The molecule has 1 saturated heterocycles. The van der Waals surface area contributed by atoms with Gasteiger partial charge in [0.25, 0.3) is 0 Å². The number of amides is 1. The number of allylic oxidation sites excluding steroid dienone is 3. The molecule has 120 valence electrons. The molecule has 3 aliphatic rings. The third kappa shape index (κ3) is 2.56. The van der Waals surface area contributed by atoms with Crippen LogP contribution in [-0.2, 0) is 11.2 Å². The van der Waals surface area contributed by atoms with E-state index in [2.05, 4.69) is 22.2 Å². The summed E-state index contributed by atoms with van der Waals surface area (Å²) in [5.41, 5.74) is 9.41. The van der Waals surface area contributed by atoms with Gasteiger partial charge in [-0.05, 0) is 30.0 Å². The molecule has 0 radical (unpaired) electrons. The van der Waals surface area contributed by atoms with Crippen LogP contribution < -0.4 is 16.2 Å². The van der Waals surface area contributed by atoms with Gasteiger partial charge in [-0.15, -0.1) is 0 Å². The van der Waals surface area contributed by atoms with Crippen molar-refractivity contribution in [2.45, 2.75) is 37.5 Å². The first-order valence-corrected chi connectivity index (χ1v) is 8.18. The Kier molecular flexibility index (Phi) is 3.67. The van der Waals surface area contributed by atoms with Gasteiger partial charge in [0.15, 0.2) is 0 Å². The Balaban J connectivity index is 1.50. The molecule has 1 aromatic carbocycles. The highest BCUT2D eigenvalue weighted by atomic mass is 16.3. The molecule has 0 aromatic heterocycles. The summed E-state index contributed by atoms with van der Waals surface area (Å²) in [4.78, 5) is 12.8. The normalized spacial score (nSPS) is 31.6. The number of fused-ring (bicyclic) bond motifs is 2. The SMILES string of the molecule is O=C(N[C@@H]1c2ccccc2C[C@@H]1O)C1NNC2=CC=CCCC21. The van der Waals surface area contributed by atoms with Crippen LogP contribution in [0.2, 0.25) is 0 Å². The average Bonchev–Trinajstić information content (AvgIpc) is 3.00. The van der Waals surface area contributed by atoms with Crippen LogP contribution in [0.25, 0.3) is 0 Å². The van der Waals surface area contributed by atoms with Crippen LogP contribution in [0.5, 0.6) is 0 Å². The fourth-order valence-electron chi connectivity index (χ4n) is 3.80. The largest absolute Gasteiger partial charge is 0.390 e. The third-order valence-corrected chi connectivity index (χ3v) is 5.01. The molecule has 2 aliphatic carbocycles. The molecular formula is C18H21N3O2. The van der Waals surface area contributed by atoms with Crippen molar-refractivity contribution in [3.63, 3.8) is 0 Å². The lowest BCUT2D eigenvalue weighted by Gasteiger charge is -2.22. The number of hydrogen-bond acceptors (Lipinski definition) is 4. The minimum Gasteiger partial charge on any atom is -0.390 e. The Labute approximate surface area is 135 Å². The molecule has 0 bridgehead atoms. The molecule has 2 unspecified atom stereocenters. The molecule has 1 aliphatic heterocycles. The number of carbonyl (C=O) groups is 1. The number of benzene rings is 1. The molecule has 4 atom stereocenters. The van der Waals surface area contributed by atoms with Crippen molar-refractivity contribution in [1.82, 2.24) is 16.2 Å². The average molecular weight is 311 g/mol. The molecule has 1 fully saturated rings. The second-order valence-electron chi connectivity index (χ2n) is 6.44. The maximum Gasteiger partial charge on any atom is 0.240 e. The van der Waals surface area contributed by atoms with Gasteiger partial charge in [-0.1, -0.05) is 36.4 Å². The van der Waals surface area contributed by atoms with Crippen LogP contribution in [-0.4, -0.2) is 23.2 Å². The fraction of sp³-hybridized carbons (Fsp3) is 0.389. The molecule has 4 N–H and O–H groups in total. The van der Waals surface area contributed by atoms with Crippen LogP contribution in [0.3, 0.4) is 0 Å². The molecule has 1 heterocycles. The first kappa shape index (κ1) is 14.5. The zero-order valence-corrected chi connectivity index (χ0v) is 12.8. The standard InChI is InChI=1S/C18H21N3O2/c22-15-10-11-6-4-5-7-12(11)16(15)19-18(23)17-13-8-2-1-3-9-14(13)20-21-17/h1,3-7,9,13,15-17,20-22H,2,8,10H2,(H,19,23)/t13?,15-,16+,17?/m0/s1. The Hall–Kier alpha value is -2.11. The zero-order chi connectivity index (χ0) is 15.8. The second-order valence-corrected chi connectivity index (χ2v) is 6.44. The van der Waals surface area contributed by atoms with E-state index in [-0.39, 0.29) is 23.9 Å². The molecule has 23 heavy (non-hydrogen) atoms. The molecule has 5 nitrogen and oxygen atoms in total. The van der Waals surface area contributed by atoms with Gasteiger partial charge in [-0.25, -0.2) is 5.43 Å². The van der Waals surface area contributed by atoms with E-state index in [1.807, 2.05) is 36.4 Å². The van der Waals surface area contributed by atoms with Gasteiger partial charge < -0.3 is 15.8 Å². The molecule has 5 heteroatoms. The summed E-state index contributed by atoms with van der Waals surface area (Å²) in [6.45, 7) is 0. The zero-order valence-electron chi connectivity index (χ0n) is 12.8. The lowest BCUT2D eigenvalue weighted by molar-refractivity contribution is -0.125. The Morgan fingerprint density at radius 2 is 2.17 bits per heavy atom. The van der Waals surface area contributed by atoms with Crippen molar-refractivity contribution in [3.8, 4) is 0 Å². The summed E-state index contributed by atoms with van der Waals surface area (Å²) in [6.07, 6.45) is 8.11. The summed E-state index contributed by atoms with van der Waals surface area (Å²) in [5.74, 6) is 0.0901. The Morgan fingerprint density at radius 3 is 3.09 bits per heavy atom. The summed E-state index contributed by atoms with van der Waals surface area (Å²) >= 11 is 0. The van der Waals surface area contributed by atoms with E-state index in [0.717, 1.165) is 29.7 Å². The highest BCUT2D eigenvalue weighted by Crippen LogP contribution is 2.32. The second kappa shape index (κ2) is 5.83.